The number of carbonyl (C=O) groups is 2. The summed E-state index contributed by atoms with van der Waals surface area (Å²) in [5.74, 6) is 1.75. The molecule has 0 aromatic heterocycles. The molecule has 4 rings (SSSR count). The topological polar surface area (TPSA) is 58.6 Å². The minimum atomic E-state index is -4.40. The van der Waals surface area contributed by atoms with Crippen LogP contribution in [-0.4, -0.2) is 36.7 Å². The third kappa shape index (κ3) is 9.71. The van der Waals surface area contributed by atoms with E-state index in [1.165, 1.54) is 31.4 Å². The second-order valence-electron chi connectivity index (χ2n) is 12.5. The van der Waals surface area contributed by atoms with Gasteiger partial charge in [0, 0.05) is 49.1 Å². The molecule has 0 spiro atoms. The number of Topliss-reactive ketones (excluding diaryl/α,β-unsaturated/α-hetero) is 1. The second kappa shape index (κ2) is 16.0. The van der Waals surface area contributed by atoms with E-state index >= 15 is 0 Å². The van der Waals surface area contributed by atoms with Crippen molar-refractivity contribution in [2.75, 3.05) is 20.1 Å². The van der Waals surface area contributed by atoms with E-state index in [-0.39, 0.29) is 17.4 Å². The minimum absolute atomic E-state index is 0.0310. The Balaban J connectivity index is 1.29. The van der Waals surface area contributed by atoms with Gasteiger partial charge in [0.2, 0.25) is 0 Å². The maximum Gasteiger partial charge on any atom is 0.416 e. The minimum Gasteiger partial charge on any atom is -0.457 e. The fourth-order valence-corrected chi connectivity index (χ4v) is 5.91. The monoisotopic (exact) mass is 634 g/mol. The molecular weight excluding hydrogens is 589 g/mol. The van der Waals surface area contributed by atoms with E-state index in [1.54, 1.807) is 24.3 Å². The number of rotatable bonds is 15. The van der Waals surface area contributed by atoms with Gasteiger partial charge in [-0.3, -0.25) is 9.59 Å². The van der Waals surface area contributed by atoms with Crippen LogP contribution < -0.4 is 20.5 Å². The highest BCUT2D eigenvalue weighted by Crippen LogP contribution is 2.31. The lowest BCUT2D eigenvalue weighted by atomic mass is 9.85. The number of nitrogens with one attached hydrogen (secondary N) is 1. The zero-order valence-electron chi connectivity index (χ0n) is 27.1. The Hall–Kier alpha value is -4.07. The zero-order valence-corrected chi connectivity index (χ0v) is 27.1. The van der Waals surface area contributed by atoms with Gasteiger partial charge in [-0.2, -0.15) is 13.2 Å². The van der Waals surface area contributed by atoms with Crippen molar-refractivity contribution in [2.24, 2.45) is 11.8 Å². The van der Waals surface area contributed by atoms with Gasteiger partial charge in [0.25, 0.3) is 5.91 Å². The third-order valence-corrected chi connectivity index (χ3v) is 8.83. The van der Waals surface area contributed by atoms with Crippen molar-refractivity contribution in [3.8, 4) is 11.5 Å². The number of halogens is 3. The SMILES string of the molecule is C=c1ccc(C(=O)NCC2CCC2)c(C)/c1=C/N(C)CC(CCC)CCCC(=O)c1ccc(Oc2ccc(C(F)(F)F)cc2)cc1. The molecule has 1 fully saturated rings. The van der Waals surface area contributed by atoms with Crippen LogP contribution in [0.2, 0.25) is 0 Å². The predicted molar refractivity (Wildman–Crippen MR) is 177 cm³/mol. The normalized spacial score (nSPS) is 14.4. The number of benzene rings is 3. The first-order valence-corrected chi connectivity index (χ1v) is 16.2. The maximum absolute atomic E-state index is 12.9. The zero-order chi connectivity index (χ0) is 33.3. The summed E-state index contributed by atoms with van der Waals surface area (Å²) in [5, 5.41) is 4.95. The van der Waals surface area contributed by atoms with Gasteiger partial charge in [-0.15, -0.1) is 0 Å². The molecular formula is C38H45F3N2O3. The number of carbonyl (C=O) groups excluding carboxylic acids is 2. The van der Waals surface area contributed by atoms with Crippen LogP contribution in [0.5, 0.6) is 11.5 Å². The van der Waals surface area contributed by atoms with E-state index < -0.39 is 11.7 Å². The third-order valence-electron chi connectivity index (χ3n) is 8.83. The van der Waals surface area contributed by atoms with Crippen molar-refractivity contribution in [1.82, 2.24) is 10.2 Å². The molecule has 0 heterocycles. The van der Waals surface area contributed by atoms with Crippen molar-refractivity contribution < 1.29 is 27.5 Å². The Labute approximate surface area is 270 Å². The fraction of sp³-hybridized carbons (Fsp3) is 0.421. The summed E-state index contributed by atoms with van der Waals surface area (Å²) in [7, 11) is 2.05. The summed E-state index contributed by atoms with van der Waals surface area (Å²) in [6.45, 7) is 9.92. The van der Waals surface area contributed by atoms with E-state index in [1.807, 2.05) is 26.1 Å². The van der Waals surface area contributed by atoms with Crippen LogP contribution in [0.4, 0.5) is 13.2 Å². The first-order chi connectivity index (χ1) is 21.9. The molecule has 3 aromatic rings. The molecule has 1 unspecified atom stereocenters. The summed E-state index contributed by atoms with van der Waals surface area (Å²) < 4.78 is 44.0. The highest BCUT2D eigenvalue weighted by atomic mass is 19.4. The number of ketones is 1. The maximum atomic E-state index is 12.9. The van der Waals surface area contributed by atoms with Gasteiger partial charge < -0.3 is 15.0 Å². The number of hydrogen-bond acceptors (Lipinski definition) is 4. The Bertz CT molecular complexity index is 1580. The van der Waals surface area contributed by atoms with Crippen molar-refractivity contribution in [3.05, 3.63) is 93.4 Å². The molecule has 246 valence electrons. The molecule has 1 atom stereocenters. The van der Waals surface area contributed by atoms with E-state index in [2.05, 4.69) is 29.9 Å². The van der Waals surface area contributed by atoms with E-state index in [4.69, 9.17) is 4.74 Å². The highest BCUT2D eigenvalue weighted by molar-refractivity contribution is 5.96. The number of amides is 1. The van der Waals surface area contributed by atoms with Gasteiger partial charge in [0.15, 0.2) is 5.78 Å². The van der Waals surface area contributed by atoms with E-state index in [0.29, 0.717) is 35.1 Å². The Kier molecular flexibility index (Phi) is 12.1. The molecule has 1 aliphatic carbocycles. The summed E-state index contributed by atoms with van der Waals surface area (Å²) in [4.78, 5) is 28.0. The average molecular weight is 635 g/mol. The summed E-state index contributed by atoms with van der Waals surface area (Å²) in [6, 6.07) is 15.0. The molecule has 46 heavy (non-hydrogen) atoms. The summed E-state index contributed by atoms with van der Waals surface area (Å²) >= 11 is 0. The number of alkyl halides is 3. The predicted octanol–water partition coefficient (Wildman–Crippen LogP) is 7.89. The van der Waals surface area contributed by atoms with Crippen LogP contribution in [0.1, 0.15) is 90.1 Å². The fourth-order valence-electron chi connectivity index (χ4n) is 5.91. The molecule has 1 N–H and O–H groups in total. The van der Waals surface area contributed by atoms with Gasteiger partial charge in [-0.25, -0.2) is 0 Å². The van der Waals surface area contributed by atoms with Crippen LogP contribution in [0.15, 0.2) is 60.7 Å². The molecule has 0 bridgehead atoms. The Morgan fingerprint density at radius 1 is 1.02 bits per heavy atom. The van der Waals surface area contributed by atoms with Crippen LogP contribution in [-0.2, 0) is 6.18 Å². The first kappa shape index (κ1) is 34.8. The van der Waals surface area contributed by atoms with E-state index in [0.717, 1.165) is 66.9 Å². The lowest BCUT2D eigenvalue weighted by Gasteiger charge is -2.25. The molecule has 0 radical (unpaired) electrons. The molecule has 1 saturated carbocycles. The molecule has 5 nitrogen and oxygen atoms in total. The van der Waals surface area contributed by atoms with Crippen molar-refractivity contribution in [1.29, 1.82) is 0 Å². The average Bonchev–Trinajstić information content (AvgIpc) is 2.98. The Morgan fingerprint density at radius 2 is 1.67 bits per heavy atom. The molecule has 8 heteroatoms. The number of nitrogens with zero attached hydrogens (tertiary/aromatic N) is 1. The van der Waals surface area contributed by atoms with Crippen LogP contribution in [0.3, 0.4) is 0 Å². The summed E-state index contributed by atoms with van der Waals surface area (Å²) in [5.41, 5.74) is 1.46. The standard InChI is InChI=1S/C38H45F3N2O3/c1-5-8-29(24-43(4)25-35-26(2)13-22-34(27(35)3)37(45)42-23-28-9-6-10-28)11-7-12-36(44)30-14-18-32(19-15-30)46-33-20-16-31(17-21-33)38(39,40)41/h13-22,25,28-29H,2,5-12,23-24H2,1,3-4H3,(H,42,45)/b35-25+. The summed E-state index contributed by atoms with van der Waals surface area (Å²) in [6.07, 6.45) is 5.49. The van der Waals surface area contributed by atoms with Crippen LogP contribution >= 0.6 is 0 Å². The molecule has 0 saturated heterocycles. The quantitative estimate of drug-likeness (QED) is 0.173. The lowest BCUT2D eigenvalue weighted by Crippen LogP contribution is -2.36. The molecule has 3 aromatic carbocycles. The number of hydrogen-bond donors (Lipinski definition) is 1. The van der Waals surface area contributed by atoms with Crippen molar-refractivity contribution >= 4 is 24.5 Å². The molecule has 1 amide bonds. The molecule has 1 aliphatic rings. The lowest BCUT2D eigenvalue weighted by molar-refractivity contribution is -0.137. The van der Waals surface area contributed by atoms with Crippen LogP contribution in [0.25, 0.3) is 12.8 Å². The van der Waals surface area contributed by atoms with Crippen molar-refractivity contribution in [2.45, 2.75) is 71.4 Å². The van der Waals surface area contributed by atoms with Gasteiger partial charge >= 0.3 is 6.18 Å². The largest absolute Gasteiger partial charge is 0.457 e. The van der Waals surface area contributed by atoms with Gasteiger partial charge in [0.05, 0.1) is 5.56 Å². The van der Waals surface area contributed by atoms with Crippen molar-refractivity contribution in [3.63, 3.8) is 0 Å². The van der Waals surface area contributed by atoms with Crippen LogP contribution in [0, 0.1) is 18.8 Å². The highest BCUT2D eigenvalue weighted by Gasteiger charge is 2.30. The Morgan fingerprint density at radius 3 is 2.26 bits per heavy atom. The smallest absolute Gasteiger partial charge is 0.416 e. The van der Waals surface area contributed by atoms with Gasteiger partial charge in [-0.1, -0.05) is 32.4 Å². The first-order valence-electron chi connectivity index (χ1n) is 16.2. The van der Waals surface area contributed by atoms with Gasteiger partial charge in [-0.05, 0) is 116 Å². The van der Waals surface area contributed by atoms with Gasteiger partial charge in [0.1, 0.15) is 11.5 Å². The van der Waals surface area contributed by atoms with E-state index in [9.17, 15) is 22.8 Å². The molecule has 0 aliphatic heterocycles. The number of ether oxygens (including phenoxy) is 1. The second-order valence-corrected chi connectivity index (χ2v) is 12.5.